The first kappa shape index (κ1) is 15.2. The zero-order valence-electron chi connectivity index (χ0n) is 14.4. The van der Waals surface area contributed by atoms with E-state index in [0.717, 1.165) is 16.0 Å². The average Bonchev–Trinajstić information content (AvgIpc) is 3.01. The lowest BCUT2D eigenvalue weighted by Gasteiger charge is -2.39. The molecule has 0 aromatic heterocycles. The van der Waals surface area contributed by atoms with Crippen LogP contribution >= 0.6 is 15.9 Å². The largest absolute Gasteiger partial charge is 0.457 e. The van der Waals surface area contributed by atoms with Crippen molar-refractivity contribution in [3.05, 3.63) is 118 Å². The molecule has 1 aliphatic carbocycles. The maximum absolute atomic E-state index is 6.33. The highest BCUT2D eigenvalue weighted by atomic mass is 79.9. The third-order valence-electron chi connectivity index (χ3n) is 5.81. The Morgan fingerprint density at radius 3 is 1.81 bits per heavy atom. The van der Waals surface area contributed by atoms with Crippen LogP contribution in [-0.2, 0) is 5.41 Å². The SMILES string of the molecule is Brc1ccc2c(c1)C1(c3ccccc3O2)c2ccccc2-c2ccccc21. The standard InChI is InChI=1S/C25H15BrO/c26-16-13-14-24-22(15-16)25(21-11-5-6-12-23(21)27-24)19-9-3-1-7-17(19)18-8-2-4-10-20(18)25/h1-15H. The van der Waals surface area contributed by atoms with E-state index in [1.54, 1.807) is 0 Å². The van der Waals surface area contributed by atoms with Gasteiger partial charge in [0, 0.05) is 15.6 Å². The van der Waals surface area contributed by atoms with Crippen molar-refractivity contribution in [3.63, 3.8) is 0 Å². The average molecular weight is 411 g/mol. The second kappa shape index (κ2) is 5.34. The number of ether oxygens (including phenoxy) is 1. The van der Waals surface area contributed by atoms with Crippen molar-refractivity contribution in [2.75, 3.05) is 0 Å². The van der Waals surface area contributed by atoms with E-state index in [1.807, 2.05) is 12.1 Å². The molecular formula is C25H15BrO. The minimum absolute atomic E-state index is 0.360. The molecule has 1 spiro atoms. The van der Waals surface area contributed by atoms with Crippen LogP contribution in [0, 0.1) is 0 Å². The maximum atomic E-state index is 6.33. The van der Waals surface area contributed by atoms with E-state index in [2.05, 4.69) is 94.8 Å². The number of fused-ring (bicyclic) bond motifs is 9. The summed E-state index contributed by atoms with van der Waals surface area (Å²) >= 11 is 3.69. The van der Waals surface area contributed by atoms with Crippen LogP contribution in [0.1, 0.15) is 22.3 Å². The van der Waals surface area contributed by atoms with Crippen LogP contribution in [0.15, 0.2) is 95.5 Å². The molecule has 27 heavy (non-hydrogen) atoms. The molecule has 4 aromatic rings. The first-order valence-corrected chi connectivity index (χ1v) is 9.86. The molecule has 0 amide bonds. The Bertz CT molecular complexity index is 1180. The van der Waals surface area contributed by atoms with Gasteiger partial charge < -0.3 is 4.74 Å². The van der Waals surface area contributed by atoms with E-state index in [-0.39, 0.29) is 5.41 Å². The normalized spacial score (nSPS) is 14.7. The molecule has 0 radical (unpaired) electrons. The van der Waals surface area contributed by atoms with Crippen molar-refractivity contribution in [2.45, 2.75) is 5.41 Å². The second-order valence-electron chi connectivity index (χ2n) is 7.08. The maximum Gasteiger partial charge on any atom is 0.132 e. The van der Waals surface area contributed by atoms with Crippen LogP contribution in [0.5, 0.6) is 11.5 Å². The number of hydrogen-bond donors (Lipinski definition) is 0. The molecule has 0 saturated heterocycles. The number of hydrogen-bond acceptors (Lipinski definition) is 1. The summed E-state index contributed by atoms with van der Waals surface area (Å²) in [5.41, 5.74) is 7.27. The summed E-state index contributed by atoms with van der Waals surface area (Å²) in [6.45, 7) is 0. The van der Waals surface area contributed by atoms with Crippen LogP contribution in [0.2, 0.25) is 0 Å². The number of halogens is 1. The van der Waals surface area contributed by atoms with Crippen molar-refractivity contribution < 1.29 is 4.74 Å². The van der Waals surface area contributed by atoms with E-state index in [9.17, 15) is 0 Å². The Hall–Kier alpha value is -2.84. The summed E-state index contributed by atoms with van der Waals surface area (Å²) in [6.07, 6.45) is 0. The van der Waals surface area contributed by atoms with Crippen molar-refractivity contribution in [1.29, 1.82) is 0 Å². The fourth-order valence-electron chi connectivity index (χ4n) is 4.83. The lowest BCUT2D eigenvalue weighted by molar-refractivity contribution is 0.436. The minimum Gasteiger partial charge on any atom is -0.457 e. The minimum atomic E-state index is -0.360. The van der Waals surface area contributed by atoms with Crippen molar-refractivity contribution in [1.82, 2.24) is 0 Å². The zero-order valence-corrected chi connectivity index (χ0v) is 16.0. The van der Waals surface area contributed by atoms with Gasteiger partial charge in [0.25, 0.3) is 0 Å². The highest BCUT2D eigenvalue weighted by Gasteiger charge is 2.50. The molecule has 0 atom stereocenters. The molecule has 0 unspecified atom stereocenters. The van der Waals surface area contributed by atoms with E-state index in [1.165, 1.54) is 33.4 Å². The van der Waals surface area contributed by atoms with E-state index < -0.39 is 0 Å². The van der Waals surface area contributed by atoms with Crippen molar-refractivity contribution >= 4 is 15.9 Å². The van der Waals surface area contributed by atoms with Gasteiger partial charge in [-0.3, -0.25) is 0 Å². The summed E-state index contributed by atoms with van der Waals surface area (Å²) < 4.78 is 7.39. The fourth-order valence-corrected chi connectivity index (χ4v) is 5.19. The molecule has 0 bridgehead atoms. The van der Waals surface area contributed by atoms with Crippen LogP contribution in [-0.4, -0.2) is 0 Å². The Labute approximate surface area is 166 Å². The van der Waals surface area contributed by atoms with Gasteiger partial charge in [-0.2, -0.15) is 0 Å². The van der Waals surface area contributed by atoms with Gasteiger partial charge in [-0.05, 0) is 46.5 Å². The zero-order chi connectivity index (χ0) is 18.0. The fraction of sp³-hybridized carbons (Fsp3) is 0.0400. The molecule has 2 aliphatic rings. The van der Waals surface area contributed by atoms with Gasteiger partial charge in [-0.15, -0.1) is 0 Å². The molecule has 1 heterocycles. The van der Waals surface area contributed by atoms with Crippen molar-refractivity contribution in [2.24, 2.45) is 0 Å². The molecule has 4 aromatic carbocycles. The van der Waals surface area contributed by atoms with Gasteiger partial charge in [-0.25, -0.2) is 0 Å². The predicted octanol–water partition coefficient (Wildman–Crippen LogP) is 6.92. The Kier molecular flexibility index (Phi) is 3.01. The van der Waals surface area contributed by atoms with Crippen LogP contribution in [0.25, 0.3) is 11.1 Å². The second-order valence-corrected chi connectivity index (χ2v) is 8.00. The molecule has 128 valence electrons. The lowest BCUT2D eigenvalue weighted by atomic mass is 9.66. The molecular weight excluding hydrogens is 396 g/mol. The third-order valence-corrected chi connectivity index (χ3v) is 6.30. The van der Waals surface area contributed by atoms with Crippen LogP contribution in [0.4, 0.5) is 0 Å². The van der Waals surface area contributed by atoms with Gasteiger partial charge >= 0.3 is 0 Å². The lowest BCUT2D eigenvalue weighted by Crippen LogP contribution is -2.32. The number of para-hydroxylation sites is 1. The summed E-state index contributed by atoms with van der Waals surface area (Å²) in [5.74, 6) is 1.85. The highest BCUT2D eigenvalue weighted by molar-refractivity contribution is 9.10. The monoisotopic (exact) mass is 410 g/mol. The third kappa shape index (κ3) is 1.84. The van der Waals surface area contributed by atoms with E-state index >= 15 is 0 Å². The molecule has 1 aliphatic heterocycles. The van der Waals surface area contributed by atoms with Gasteiger partial charge in [0.15, 0.2) is 0 Å². The Morgan fingerprint density at radius 2 is 1.11 bits per heavy atom. The smallest absolute Gasteiger partial charge is 0.132 e. The molecule has 6 rings (SSSR count). The van der Waals surface area contributed by atoms with Crippen molar-refractivity contribution in [3.8, 4) is 22.6 Å². The topological polar surface area (TPSA) is 9.23 Å². The number of benzene rings is 4. The first-order valence-electron chi connectivity index (χ1n) is 9.07. The van der Waals surface area contributed by atoms with Gasteiger partial charge in [-0.1, -0.05) is 82.7 Å². The summed E-state index contributed by atoms with van der Waals surface area (Å²) in [7, 11) is 0. The van der Waals surface area contributed by atoms with Gasteiger partial charge in [0.1, 0.15) is 11.5 Å². The highest BCUT2D eigenvalue weighted by Crippen LogP contribution is 2.62. The summed E-state index contributed by atoms with van der Waals surface area (Å²) in [5, 5.41) is 0. The molecule has 0 saturated carbocycles. The Morgan fingerprint density at radius 1 is 0.556 bits per heavy atom. The van der Waals surface area contributed by atoms with E-state index in [0.29, 0.717) is 0 Å². The molecule has 2 heteroatoms. The van der Waals surface area contributed by atoms with E-state index in [4.69, 9.17) is 4.74 Å². The van der Waals surface area contributed by atoms with Crippen LogP contribution in [0.3, 0.4) is 0 Å². The Balaban J connectivity index is 1.86. The summed E-state index contributed by atoms with van der Waals surface area (Å²) in [4.78, 5) is 0. The predicted molar refractivity (Wildman–Crippen MR) is 112 cm³/mol. The quantitative estimate of drug-likeness (QED) is 0.264. The molecule has 0 fully saturated rings. The summed E-state index contributed by atoms with van der Waals surface area (Å²) in [6, 6.07) is 32.3. The van der Waals surface area contributed by atoms with Gasteiger partial charge in [0.2, 0.25) is 0 Å². The number of rotatable bonds is 0. The van der Waals surface area contributed by atoms with Gasteiger partial charge in [0.05, 0.1) is 5.41 Å². The molecule has 1 nitrogen and oxygen atoms in total. The molecule has 0 N–H and O–H groups in total. The van der Waals surface area contributed by atoms with Crippen LogP contribution < -0.4 is 4.74 Å². The first-order chi connectivity index (χ1) is 13.3.